The van der Waals surface area contributed by atoms with Crippen molar-refractivity contribution in [2.45, 2.75) is 6.92 Å². The average Bonchev–Trinajstić information content (AvgIpc) is 3.30. The van der Waals surface area contributed by atoms with Gasteiger partial charge in [-0.2, -0.15) is 0 Å². The maximum atomic E-state index is 11.0. The molecule has 0 saturated heterocycles. The Bertz CT molecular complexity index is 1350. The van der Waals surface area contributed by atoms with Crippen molar-refractivity contribution in [2.75, 3.05) is 0 Å². The second-order valence-electron chi connectivity index (χ2n) is 6.93. The van der Waals surface area contributed by atoms with Crippen LogP contribution in [0.25, 0.3) is 27.5 Å². The molecule has 6 heteroatoms. The van der Waals surface area contributed by atoms with E-state index in [1.54, 1.807) is 4.40 Å². The third-order valence-corrected chi connectivity index (χ3v) is 5.70. The Balaban J connectivity index is 1.68. The fraction of sp³-hybridized carbons (Fsp3) is 0.0417. The lowest BCUT2D eigenvalue weighted by Crippen LogP contribution is -1.88. The molecule has 5 rings (SSSR count). The summed E-state index contributed by atoms with van der Waals surface area (Å²) in [4.78, 5) is 5.50. The van der Waals surface area contributed by atoms with Crippen molar-refractivity contribution >= 4 is 27.0 Å². The summed E-state index contributed by atoms with van der Waals surface area (Å²) < 4.78 is 1.76. The molecule has 0 aliphatic carbocycles. The molecule has 0 bridgehead atoms. The van der Waals surface area contributed by atoms with E-state index in [1.807, 2.05) is 91.9 Å². The van der Waals surface area contributed by atoms with Crippen molar-refractivity contribution in [3.63, 3.8) is 0 Å². The molecule has 0 unspecified atom stereocenters. The van der Waals surface area contributed by atoms with Crippen LogP contribution in [0, 0.1) is 6.92 Å². The van der Waals surface area contributed by atoms with Gasteiger partial charge in [-0.15, -0.1) is 10.2 Å². The first kappa shape index (κ1) is 18.3. The zero-order valence-corrected chi connectivity index (χ0v) is 17.0. The number of azo groups is 1. The van der Waals surface area contributed by atoms with Gasteiger partial charge in [-0.3, -0.25) is 4.40 Å². The number of fused-ring (bicyclic) bond motifs is 1. The first-order valence-corrected chi connectivity index (χ1v) is 10.4. The number of hydrogen-bond acceptors (Lipinski definition) is 5. The second-order valence-corrected chi connectivity index (χ2v) is 7.88. The van der Waals surface area contributed by atoms with Crippen LogP contribution in [0.15, 0.2) is 95.2 Å². The third kappa shape index (κ3) is 3.27. The number of aryl methyl sites for hydroxylation is 1. The Morgan fingerprint density at radius 1 is 0.833 bits per heavy atom. The Morgan fingerprint density at radius 3 is 2.23 bits per heavy atom. The highest BCUT2D eigenvalue weighted by Crippen LogP contribution is 2.44. The first-order valence-electron chi connectivity index (χ1n) is 9.54. The second kappa shape index (κ2) is 7.57. The average molecular weight is 411 g/mol. The van der Waals surface area contributed by atoms with Gasteiger partial charge in [0.05, 0.1) is 17.1 Å². The summed E-state index contributed by atoms with van der Waals surface area (Å²) in [6.45, 7) is 2.01. The first-order chi connectivity index (χ1) is 14.7. The van der Waals surface area contributed by atoms with Crippen molar-refractivity contribution in [3.05, 3.63) is 90.5 Å². The Labute approximate surface area is 177 Å². The number of benzene rings is 3. The molecular weight excluding hydrogens is 392 g/mol. The van der Waals surface area contributed by atoms with E-state index in [0.717, 1.165) is 33.8 Å². The maximum absolute atomic E-state index is 11.0. The lowest BCUT2D eigenvalue weighted by molar-refractivity contribution is 0.451. The predicted molar refractivity (Wildman–Crippen MR) is 121 cm³/mol. The van der Waals surface area contributed by atoms with Gasteiger partial charge >= 0.3 is 0 Å². The SMILES string of the molecule is Cc1cccc(N=Nc2sc3nc(-c4ccccc4)c(-c4ccccc4)n3c2O)c1. The van der Waals surface area contributed by atoms with Crippen LogP contribution in [0.1, 0.15) is 5.56 Å². The van der Waals surface area contributed by atoms with Gasteiger partial charge < -0.3 is 5.11 Å². The summed E-state index contributed by atoms with van der Waals surface area (Å²) in [5.41, 5.74) is 5.48. The van der Waals surface area contributed by atoms with E-state index in [1.165, 1.54) is 11.3 Å². The van der Waals surface area contributed by atoms with Crippen molar-refractivity contribution in [1.29, 1.82) is 0 Å². The molecule has 0 radical (unpaired) electrons. The number of nitrogens with zero attached hydrogens (tertiary/aromatic N) is 4. The maximum Gasteiger partial charge on any atom is 0.237 e. The number of rotatable bonds is 4. The molecule has 5 aromatic rings. The fourth-order valence-electron chi connectivity index (χ4n) is 3.41. The Hall–Kier alpha value is -3.77. The van der Waals surface area contributed by atoms with Crippen LogP contribution in [0.2, 0.25) is 0 Å². The topological polar surface area (TPSA) is 62.2 Å². The highest BCUT2D eigenvalue weighted by Gasteiger charge is 2.22. The fourth-order valence-corrected chi connectivity index (χ4v) is 4.25. The molecule has 30 heavy (non-hydrogen) atoms. The molecule has 0 aliphatic heterocycles. The quantitative estimate of drug-likeness (QED) is 0.320. The minimum Gasteiger partial charge on any atom is -0.492 e. The highest BCUT2D eigenvalue weighted by atomic mass is 32.1. The lowest BCUT2D eigenvalue weighted by Gasteiger charge is -2.05. The number of thiazole rings is 1. The standard InChI is InChI=1S/C24H18N4OS/c1-16-9-8-14-19(15-16)26-27-22-23(29)28-21(18-12-6-3-7-13-18)20(25-24(28)30-22)17-10-4-2-5-11-17/h2-15,29H,1H3. The van der Waals surface area contributed by atoms with Gasteiger partial charge in [-0.25, -0.2) is 4.98 Å². The van der Waals surface area contributed by atoms with Gasteiger partial charge in [0.2, 0.25) is 10.9 Å². The molecule has 2 heterocycles. The van der Waals surface area contributed by atoms with Crippen LogP contribution >= 0.6 is 11.3 Å². The van der Waals surface area contributed by atoms with E-state index in [0.29, 0.717) is 9.96 Å². The molecule has 5 nitrogen and oxygen atoms in total. The van der Waals surface area contributed by atoms with Crippen LogP contribution < -0.4 is 0 Å². The summed E-state index contributed by atoms with van der Waals surface area (Å²) in [5.74, 6) is 0.0416. The van der Waals surface area contributed by atoms with Gasteiger partial charge in [0.15, 0.2) is 4.96 Å². The molecule has 3 aromatic carbocycles. The molecule has 1 N–H and O–H groups in total. The molecule has 0 fully saturated rings. The molecule has 2 aromatic heterocycles. The normalized spacial score (nSPS) is 11.5. The molecule has 0 saturated carbocycles. The Kier molecular flexibility index (Phi) is 4.61. The molecule has 0 atom stereocenters. The van der Waals surface area contributed by atoms with E-state index in [4.69, 9.17) is 4.98 Å². The highest BCUT2D eigenvalue weighted by molar-refractivity contribution is 7.21. The predicted octanol–water partition coefficient (Wildman–Crippen LogP) is 7.16. The number of hydrogen-bond donors (Lipinski definition) is 1. The zero-order chi connectivity index (χ0) is 20.5. The van der Waals surface area contributed by atoms with Crippen molar-refractivity contribution < 1.29 is 5.11 Å². The number of imidazole rings is 1. The monoisotopic (exact) mass is 410 g/mol. The van der Waals surface area contributed by atoms with E-state index in [9.17, 15) is 5.11 Å². The van der Waals surface area contributed by atoms with Crippen LogP contribution in [0.5, 0.6) is 5.88 Å². The Morgan fingerprint density at radius 2 is 1.53 bits per heavy atom. The van der Waals surface area contributed by atoms with Crippen LogP contribution in [0.4, 0.5) is 10.7 Å². The molecular formula is C24H18N4OS. The molecule has 0 aliphatic rings. The van der Waals surface area contributed by atoms with Gasteiger partial charge in [-0.1, -0.05) is 84.1 Å². The zero-order valence-electron chi connectivity index (χ0n) is 16.2. The smallest absolute Gasteiger partial charge is 0.237 e. The minimum absolute atomic E-state index is 0.0416. The van der Waals surface area contributed by atoms with Crippen molar-refractivity contribution in [2.24, 2.45) is 10.2 Å². The third-order valence-electron chi connectivity index (χ3n) is 4.79. The van der Waals surface area contributed by atoms with Crippen molar-refractivity contribution in [1.82, 2.24) is 9.38 Å². The van der Waals surface area contributed by atoms with Crippen LogP contribution in [-0.4, -0.2) is 14.5 Å². The van der Waals surface area contributed by atoms with E-state index >= 15 is 0 Å². The largest absolute Gasteiger partial charge is 0.492 e. The van der Waals surface area contributed by atoms with Gasteiger partial charge in [0.25, 0.3) is 0 Å². The minimum atomic E-state index is 0.0416. The van der Waals surface area contributed by atoms with E-state index in [-0.39, 0.29) is 5.88 Å². The van der Waals surface area contributed by atoms with E-state index < -0.39 is 0 Å². The van der Waals surface area contributed by atoms with Gasteiger partial charge in [0.1, 0.15) is 0 Å². The summed E-state index contributed by atoms with van der Waals surface area (Å²) in [6, 6.07) is 27.7. The molecule has 0 spiro atoms. The van der Waals surface area contributed by atoms with Crippen LogP contribution in [-0.2, 0) is 0 Å². The molecule has 0 amide bonds. The summed E-state index contributed by atoms with van der Waals surface area (Å²) in [5, 5.41) is 20.0. The van der Waals surface area contributed by atoms with Gasteiger partial charge in [0, 0.05) is 11.1 Å². The van der Waals surface area contributed by atoms with Crippen molar-refractivity contribution in [3.8, 4) is 28.4 Å². The van der Waals surface area contributed by atoms with Gasteiger partial charge in [-0.05, 0) is 24.6 Å². The summed E-state index contributed by atoms with van der Waals surface area (Å²) in [7, 11) is 0. The lowest BCUT2D eigenvalue weighted by atomic mass is 10.1. The number of aromatic hydroxyl groups is 1. The van der Waals surface area contributed by atoms with Crippen LogP contribution in [0.3, 0.4) is 0 Å². The molecule has 146 valence electrons. The summed E-state index contributed by atoms with van der Waals surface area (Å²) >= 11 is 1.31. The number of aromatic nitrogens is 2. The summed E-state index contributed by atoms with van der Waals surface area (Å²) in [6.07, 6.45) is 0. The van der Waals surface area contributed by atoms with E-state index in [2.05, 4.69) is 10.2 Å².